The van der Waals surface area contributed by atoms with Crippen molar-refractivity contribution in [2.45, 2.75) is 32.5 Å². The van der Waals surface area contributed by atoms with Gasteiger partial charge in [0.05, 0.1) is 25.5 Å². The zero-order chi connectivity index (χ0) is 19.6. The molecule has 0 bridgehead atoms. The Balaban J connectivity index is 1.83. The first kappa shape index (κ1) is 20.4. The number of Topliss-reactive ketones (excluding diaryl/α,β-unsaturated/α-hetero) is 1. The fourth-order valence-electron chi connectivity index (χ4n) is 2.58. The van der Waals surface area contributed by atoms with Gasteiger partial charge in [0.25, 0.3) is 0 Å². The number of methoxy groups -OCH3 is 1. The molecule has 0 radical (unpaired) electrons. The van der Waals surface area contributed by atoms with Gasteiger partial charge in [0.15, 0.2) is 5.78 Å². The maximum absolute atomic E-state index is 12.2. The fourth-order valence-corrected chi connectivity index (χ4v) is 2.58. The molecule has 5 heteroatoms. The van der Waals surface area contributed by atoms with Crippen LogP contribution in [0.1, 0.15) is 35.7 Å². The lowest BCUT2D eigenvalue weighted by molar-refractivity contribution is -0.116. The van der Waals surface area contributed by atoms with Crippen molar-refractivity contribution in [3.8, 4) is 5.75 Å². The van der Waals surface area contributed by atoms with Crippen molar-refractivity contribution in [3.05, 3.63) is 72.3 Å². The zero-order valence-corrected chi connectivity index (χ0v) is 15.7. The van der Waals surface area contributed by atoms with Crippen LogP contribution in [-0.4, -0.2) is 24.9 Å². The van der Waals surface area contributed by atoms with Gasteiger partial charge in [0, 0.05) is 12.0 Å². The van der Waals surface area contributed by atoms with Crippen molar-refractivity contribution >= 4 is 17.4 Å². The van der Waals surface area contributed by atoms with Crippen LogP contribution in [0.4, 0.5) is 5.69 Å². The molecule has 0 aliphatic carbocycles. The Morgan fingerprint density at radius 2 is 1.85 bits per heavy atom. The third-order valence-electron chi connectivity index (χ3n) is 4.12. The van der Waals surface area contributed by atoms with E-state index < -0.39 is 0 Å². The predicted molar refractivity (Wildman–Crippen MR) is 106 cm³/mol. The summed E-state index contributed by atoms with van der Waals surface area (Å²) in [5.74, 6) is 0.544. The number of para-hydroxylation sites is 1. The highest BCUT2D eigenvalue weighted by atomic mass is 16.5. The van der Waals surface area contributed by atoms with Gasteiger partial charge in [-0.1, -0.05) is 30.3 Å². The van der Waals surface area contributed by atoms with Crippen LogP contribution in [0.25, 0.3) is 0 Å². The molecule has 5 nitrogen and oxygen atoms in total. The summed E-state index contributed by atoms with van der Waals surface area (Å²) >= 11 is 0. The minimum atomic E-state index is -0.235. The summed E-state index contributed by atoms with van der Waals surface area (Å²) in [4.78, 5) is 23.9. The molecule has 0 fully saturated rings. The van der Waals surface area contributed by atoms with Gasteiger partial charge < -0.3 is 14.8 Å². The van der Waals surface area contributed by atoms with Crippen LogP contribution in [0.5, 0.6) is 5.75 Å². The average Bonchev–Trinajstić information content (AvgIpc) is 2.68. The van der Waals surface area contributed by atoms with Crippen LogP contribution >= 0.6 is 0 Å². The Hall–Kier alpha value is -2.92. The molecule has 142 valence electrons. The second-order valence-corrected chi connectivity index (χ2v) is 6.12. The number of amides is 1. The van der Waals surface area contributed by atoms with Crippen LogP contribution in [-0.2, 0) is 16.1 Å². The number of anilines is 1. The molecule has 1 unspecified atom stereocenters. The van der Waals surface area contributed by atoms with Gasteiger partial charge in [-0.25, -0.2) is 0 Å². The van der Waals surface area contributed by atoms with E-state index >= 15 is 0 Å². The number of hydrogen-bond acceptors (Lipinski definition) is 4. The quantitative estimate of drug-likeness (QED) is 0.500. The summed E-state index contributed by atoms with van der Waals surface area (Å²) < 4.78 is 11.0. The van der Waals surface area contributed by atoms with E-state index in [-0.39, 0.29) is 24.2 Å². The molecule has 0 aliphatic rings. The first-order valence-electron chi connectivity index (χ1n) is 8.80. The van der Waals surface area contributed by atoms with E-state index in [1.807, 2.05) is 24.3 Å². The van der Waals surface area contributed by atoms with Crippen molar-refractivity contribution in [3.63, 3.8) is 0 Å². The van der Waals surface area contributed by atoms with Crippen LogP contribution < -0.4 is 10.1 Å². The predicted octanol–water partition coefficient (Wildman–Crippen LogP) is 4.39. The first-order chi connectivity index (χ1) is 13.0. The SMILES string of the molecule is C=CC(CCC(=O)Nc1ccccc1C(C)=O)OCc1ccc(OC)cc1. The zero-order valence-electron chi connectivity index (χ0n) is 15.7. The average molecular weight is 367 g/mol. The Morgan fingerprint density at radius 3 is 2.48 bits per heavy atom. The molecular formula is C22H25NO4. The van der Waals surface area contributed by atoms with E-state index in [0.29, 0.717) is 24.3 Å². The molecule has 1 atom stereocenters. The Labute approximate surface area is 160 Å². The maximum Gasteiger partial charge on any atom is 0.224 e. The van der Waals surface area contributed by atoms with Gasteiger partial charge in [-0.3, -0.25) is 9.59 Å². The number of benzene rings is 2. The normalized spacial score (nSPS) is 11.5. The van der Waals surface area contributed by atoms with E-state index in [9.17, 15) is 9.59 Å². The highest BCUT2D eigenvalue weighted by Gasteiger charge is 2.12. The molecule has 0 heterocycles. The summed E-state index contributed by atoms with van der Waals surface area (Å²) in [6, 6.07) is 14.6. The molecule has 27 heavy (non-hydrogen) atoms. The lowest BCUT2D eigenvalue weighted by Crippen LogP contribution is -2.17. The van der Waals surface area contributed by atoms with Crippen LogP contribution in [0, 0.1) is 0 Å². The molecule has 2 aromatic rings. The van der Waals surface area contributed by atoms with Crippen molar-refractivity contribution in [1.29, 1.82) is 0 Å². The fraction of sp³-hybridized carbons (Fsp3) is 0.273. The first-order valence-corrected chi connectivity index (χ1v) is 8.80. The summed E-state index contributed by atoms with van der Waals surface area (Å²) in [6.45, 7) is 5.68. The molecule has 0 spiro atoms. The number of carbonyl (C=O) groups excluding carboxylic acids is 2. The maximum atomic E-state index is 12.2. The van der Waals surface area contributed by atoms with Gasteiger partial charge in [-0.05, 0) is 43.2 Å². The minimum Gasteiger partial charge on any atom is -0.497 e. The third-order valence-corrected chi connectivity index (χ3v) is 4.12. The summed E-state index contributed by atoms with van der Waals surface area (Å²) in [7, 11) is 1.62. The molecule has 0 saturated heterocycles. The molecule has 1 N–H and O–H groups in total. The smallest absolute Gasteiger partial charge is 0.224 e. The molecule has 0 aliphatic heterocycles. The van der Waals surface area contributed by atoms with Gasteiger partial charge in [-0.2, -0.15) is 0 Å². The number of carbonyl (C=O) groups is 2. The van der Waals surface area contributed by atoms with Crippen LogP contribution in [0.3, 0.4) is 0 Å². The molecule has 2 rings (SSSR count). The molecule has 2 aromatic carbocycles. The molecular weight excluding hydrogens is 342 g/mol. The Bertz CT molecular complexity index is 783. The van der Waals surface area contributed by atoms with Gasteiger partial charge in [-0.15, -0.1) is 6.58 Å². The van der Waals surface area contributed by atoms with Crippen molar-refractivity contribution in [1.82, 2.24) is 0 Å². The Morgan fingerprint density at radius 1 is 1.15 bits per heavy atom. The van der Waals surface area contributed by atoms with Crippen molar-refractivity contribution < 1.29 is 19.1 Å². The molecule has 0 saturated carbocycles. The third kappa shape index (κ3) is 6.38. The summed E-state index contributed by atoms with van der Waals surface area (Å²) in [5, 5.41) is 2.79. The van der Waals surface area contributed by atoms with E-state index in [0.717, 1.165) is 11.3 Å². The standard InChI is InChI=1S/C22H25NO4/c1-4-18(27-15-17-9-11-19(26-3)12-10-17)13-14-22(25)23-21-8-6-5-7-20(21)16(2)24/h4-12,18H,1,13-15H2,2-3H3,(H,23,25). The molecule has 0 aromatic heterocycles. The number of ketones is 1. The van der Waals surface area contributed by atoms with Crippen molar-refractivity contribution in [2.24, 2.45) is 0 Å². The number of ether oxygens (including phenoxy) is 2. The largest absolute Gasteiger partial charge is 0.497 e. The highest BCUT2D eigenvalue weighted by Crippen LogP contribution is 2.17. The number of nitrogens with one attached hydrogen (secondary N) is 1. The van der Waals surface area contributed by atoms with Crippen LogP contribution in [0.2, 0.25) is 0 Å². The van der Waals surface area contributed by atoms with E-state index in [1.165, 1.54) is 6.92 Å². The summed E-state index contributed by atoms with van der Waals surface area (Å²) in [5.41, 5.74) is 2.05. The monoisotopic (exact) mass is 367 g/mol. The minimum absolute atomic E-state index is 0.0855. The highest BCUT2D eigenvalue weighted by molar-refractivity contribution is 6.03. The van der Waals surface area contributed by atoms with E-state index in [4.69, 9.17) is 9.47 Å². The van der Waals surface area contributed by atoms with Crippen LogP contribution in [0.15, 0.2) is 61.2 Å². The molecule has 1 amide bonds. The van der Waals surface area contributed by atoms with Crippen molar-refractivity contribution in [2.75, 3.05) is 12.4 Å². The van der Waals surface area contributed by atoms with Gasteiger partial charge in [0.1, 0.15) is 5.75 Å². The Kier molecular flexibility index (Phi) is 7.77. The van der Waals surface area contributed by atoms with Gasteiger partial charge >= 0.3 is 0 Å². The summed E-state index contributed by atoms with van der Waals surface area (Å²) in [6.07, 6.45) is 2.24. The second kappa shape index (κ2) is 10.3. The topological polar surface area (TPSA) is 64.6 Å². The second-order valence-electron chi connectivity index (χ2n) is 6.12. The lowest BCUT2D eigenvalue weighted by Gasteiger charge is -2.15. The van der Waals surface area contributed by atoms with E-state index in [1.54, 1.807) is 37.5 Å². The number of rotatable bonds is 10. The van der Waals surface area contributed by atoms with E-state index in [2.05, 4.69) is 11.9 Å². The van der Waals surface area contributed by atoms with Gasteiger partial charge in [0.2, 0.25) is 5.91 Å². The lowest BCUT2D eigenvalue weighted by atomic mass is 10.1. The number of hydrogen-bond donors (Lipinski definition) is 1.